The van der Waals surface area contributed by atoms with Crippen molar-refractivity contribution in [3.8, 4) is 22.3 Å². The molecule has 2 heterocycles. The third-order valence-corrected chi connectivity index (χ3v) is 10.7. The monoisotopic (exact) mass is 614 g/mol. The average Bonchev–Trinajstić information content (AvgIpc) is 3.63. The summed E-state index contributed by atoms with van der Waals surface area (Å²) in [7, 11) is 0. The second-order valence-corrected chi connectivity index (χ2v) is 15.3. The smallest absolute Gasteiger partial charge is 0.138 e. The molecule has 0 bridgehead atoms. The van der Waals surface area contributed by atoms with Crippen LogP contribution in [0.25, 0.3) is 64.4 Å². The van der Waals surface area contributed by atoms with Crippen LogP contribution >= 0.6 is 11.3 Å². The number of rotatable bonds is 5. The Morgan fingerprint density at radius 3 is 1.87 bits per heavy atom. The van der Waals surface area contributed by atoms with Gasteiger partial charge in [-0.3, -0.25) is 0 Å². The third-order valence-electron chi connectivity index (χ3n) is 9.50. The fraction of sp³-hybridized carbons (Fsp3) is 0.182. The maximum atomic E-state index is 6.85. The van der Waals surface area contributed by atoms with E-state index in [1.807, 2.05) is 11.3 Å². The van der Waals surface area contributed by atoms with Crippen LogP contribution in [0.4, 0.5) is 0 Å². The van der Waals surface area contributed by atoms with Gasteiger partial charge in [0.2, 0.25) is 0 Å². The summed E-state index contributed by atoms with van der Waals surface area (Å²) in [5, 5.41) is 5.11. The summed E-state index contributed by atoms with van der Waals surface area (Å²) in [6, 6.07) is 46.3. The fourth-order valence-corrected chi connectivity index (χ4v) is 9.04. The Morgan fingerprint density at radius 2 is 1.17 bits per heavy atom. The molecule has 0 unspecified atom stereocenters. The number of furan rings is 1. The van der Waals surface area contributed by atoms with E-state index in [4.69, 9.17) is 4.42 Å². The number of thiophene rings is 1. The van der Waals surface area contributed by atoms with Crippen molar-refractivity contribution in [1.29, 1.82) is 0 Å². The van der Waals surface area contributed by atoms with E-state index in [0.717, 1.165) is 17.6 Å². The van der Waals surface area contributed by atoms with Crippen molar-refractivity contribution in [1.82, 2.24) is 0 Å². The molecule has 0 saturated heterocycles. The first kappa shape index (κ1) is 28.8. The van der Waals surface area contributed by atoms with Crippen molar-refractivity contribution in [2.24, 2.45) is 0 Å². The normalized spacial score (nSPS) is 12.5. The molecule has 2 aromatic heterocycles. The molecule has 226 valence electrons. The van der Waals surface area contributed by atoms with Crippen LogP contribution in [0.1, 0.15) is 51.3 Å². The van der Waals surface area contributed by atoms with Gasteiger partial charge in [0.15, 0.2) is 0 Å². The molecule has 0 fully saturated rings. The summed E-state index contributed by atoms with van der Waals surface area (Å²) in [6.45, 7) is 11.8. The standard InChI is InChI=1S/C44H38OS/c1-43(2,3)39-35(29-18-10-7-11-19-29)26-30(41-38(39)34-21-12-14-22-36(34)45-41)27-44(4,5)40-31(28-16-8-6-9-17-28)24-25-33-32-20-13-15-23-37(32)46-42(33)40/h6-26H,27H2,1-5H3. The van der Waals surface area contributed by atoms with Crippen molar-refractivity contribution in [2.75, 3.05) is 0 Å². The van der Waals surface area contributed by atoms with Crippen molar-refractivity contribution in [3.63, 3.8) is 0 Å². The molecule has 0 aliphatic heterocycles. The zero-order valence-electron chi connectivity index (χ0n) is 27.1. The van der Waals surface area contributed by atoms with Gasteiger partial charge in [-0.1, -0.05) is 144 Å². The molecule has 0 radical (unpaired) electrons. The van der Waals surface area contributed by atoms with Crippen molar-refractivity contribution in [3.05, 3.63) is 144 Å². The first-order valence-electron chi connectivity index (χ1n) is 16.2. The molecule has 46 heavy (non-hydrogen) atoms. The highest BCUT2D eigenvalue weighted by Gasteiger charge is 2.33. The number of fused-ring (bicyclic) bond motifs is 6. The number of para-hydroxylation sites is 1. The van der Waals surface area contributed by atoms with Gasteiger partial charge in [-0.2, -0.15) is 0 Å². The summed E-state index contributed by atoms with van der Waals surface area (Å²) in [5.41, 5.74) is 10.8. The molecule has 0 amide bonds. The minimum atomic E-state index is -0.214. The highest BCUT2D eigenvalue weighted by molar-refractivity contribution is 7.26. The van der Waals surface area contributed by atoms with Crippen molar-refractivity contribution >= 4 is 53.4 Å². The van der Waals surface area contributed by atoms with E-state index in [9.17, 15) is 0 Å². The zero-order valence-corrected chi connectivity index (χ0v) is 28.0. The van der Waals surface area contributed by atoms with Crippen molar-refractivity contribution < 1.29 is 4.42 Å². The Kier molecular flexibility index (Phi) is 6.70. The Morgan fingerprint density at radius 1 is 0.565 bits per heavy atom. The average molecular weight is 615 g/mol. The molecule has 8 aromatic rings. The van der Waals surface area contributed by atoms with Gasteiger partial charge in [0.25, 0.3) is 0 Å². The van der Waals surface area contributed by atoms with Crippen molar-refractivity contribution in [2.45, 2.75) is 51.9 Å². The maximum Gasteiger partial charge on any atom is 0.138 e. The lowest BCUT2D eigenvalue weighted by Gasteiger charge is -2.31. The molecule has 1 nitrogen and oxygen atoms in total. The Balaban J connectivity index is 1.43. The van der Waals surface area contributed by atoms with Gasteiger partial charge in [-0.25, -0.2) is 0 Å². The van der Waals surface area contributed by atoms with Gasteiger partial charge in [0.05, 0.1) is 0 Å². The Hall–Kier alpha value is -4.66. The topological polar surface area (TPSA) is 13.1 Å². The lowest BCUT2D eigenvalue weighted by atomic mass is 9.73. The molecule has 0 aliphatic carbocycles. The van der Waals surface area contributed by atoms with Crippen LogP contribution in [0.15, 0.2) is 132 Å². The van der Waals surface area contributed by atoms with Crippen LogP contribution in [-0.4, -0.2) is 0 Å². The Bertz CT molecular complexity index is 2380. The highest BCUT2D eigenvalue weighted by Crippen LogP contribution is 2.49. The largest absolute Gasteiger partial charge is 0.456 e. The van der Waals surface area contributed by atoms with E-state index in [2.05, 4.69) is 162 Å². The van der Waals surface area contributed by atoms with Crippen LogP contribution in [0, 0.1) is 0 Å². The zero-order chi connectivity index (χ0) is 31.6. The molecule has 0 spiro atoms. The molecule has 0 N–H and O–H groups in total. The molecule has 8 rings (SSSR count). The quantitative estimate of drug-likeness (QED) is 0.188. The summed E-state index contributed by atoms with van der Waals surface area (Å²) in [5.74, 6) is 0. The van der Waals surface area contributed by atoms with Gasteiger partial charge >= 0.3 is 0 Å². The molecular formula is C44H38OS. The maximum absolute atomic E-state index is 6.85. The first-order valence-corrected chi connectivity index (χ1v) is 17.1. The minimum Gasteiger partial charge on any atom is -0.456 e. The first-order chi connectivity index (χ1) is 22.2. The summed E-state index contributed by atoms with van der Waals surface area (Å²) in [4.78, 5) is 0. The minimum absolute atomic E-state index is 0.0900. The summed E-state index contributed by atoms with van der Waals surface area (Å²) >= 11 is 1.92. The van der Waals surface area contributed by atoms with Crippen LogP contribution in [0.2, 0.25) is 0 Å². The highest BCUT2D eigenvalue weighted by atomic mass is 32.1. The van der Waals surface area contributed by atoms with E-state index in [1.54, 1.807) is 0 Å². The lowest BCUT2D eigenvalue weighted by molar-refractivity contribution is 0.525. The predicted molar refractivity (Wildman–Crippen MR) is 199 cm³/mol. The Labute approximate surface area is 275 Å². The predicted octanol–water partition coefficient (Wildman–Crippen LogP) is 13.1. The van der Waals surface area contributed by atoms with Crippen LogP contribution in [-0.2, 0) is 17.3 Å². The van der Waals surface area contributed by atoms with Crippen LogP contribution in [0.3, 0.4) is 0 Å². The molecule has 0 saturated carbocycles. The van der Waals surface area contributed by atoms with Crippen LogP contribution in [0.5, 0.6) is 0 Å². The van der Waals surface area contributed by atoms with E-state index in [-0.39, 0.29) is 10.8 Å². The van der Waals surface area contributed by atoms with E-state index in [0.29, 0.717) is 0 Å². The van der Waals surface area contributed by atoms with Gasteiger partial charge in [0.1, 0.15) is 11.2 Å². The number of hydrogen-bond donors (Lipinski definition) is 0. The molecule has 2 heteroatoms. The number of benzene rings is 6. The molecular weight excluding hydrogens is 577 g/mol. The molecule has 0 atom stereocenters. The SMILES string of the molecule is CC(C)(C)c1c(-c2ccccc2)cc(CC(C)(C)c2c(-c3ccccc3)ccc3c2sc2ccccc23)c2oc3ccccc3c12. The third kappa shape index (κ3) is 4.66. The second-order valence-electron chi connectivity index (χ2n) is 14.3. The van der Waals surface area contributed by atoms with E-state index in [1.165, 1.54) is 69.9 Å². The van der Waals surface area contributed by atoms with Gasteiger partial charge in [-0.05, 0) is 74.4 Å². The lowest BCUT2D eigenvalue weighted by Crippen LogP contribution is -2.22. The fourth-order valence-electron chi connectivity index (χ4n) is 7.61. The summed E-state index contributed by atoms with van der Waals surface area (Å²) in [6.07, 6.45) is 0.834. The molecule has 0 aliphatic rings. The van der Waals surface area contributed by atoms with Gasteiger partial charge in [-0.15, -0.1) is 11.3 Å². The van der Waals surface area contributed by atoms with E-state index < -0.39 is 0 Å². The van der Waals surface area contributed by atoms with Gasteiger partial charge in [0, 0.05) is 30.9 Å². The number of hydrogen-bond acceptors (Lipinski definition) is 2. The second kappa shape index (κ2) is 10.7. The van der Waals surface area contributed by atoms with Crippen LogP contribution < -0.4 is 0 Å². The summed E-state index contributed by atoms with van der Waals surface area (Å²) < 4.78 is 9.56. The molecule has 6 aromatic carbocycles. The van der Waals surface area contributed by atoms with E-state index >= 15 is 0 Å². The van der Waals surface area contributed by atoms with Gasteiger partial charge < -0.3 is 4.42 Å².